The van der Waals surface area contributed by atoms with Gasteiger partial charge in [0, 0.05) is 10.6 Å². The van der Waals surface area contributed by atoms with E-state index in [1.807, 2.05) is 30.3 Å². The minimum atomic E-state index is -0.643. The summed E-state index contributed by atoms with van der Waals surface area (Å²) in [5, 5.41) is 12.6. The molecule has 1 heterocycles. The fourth-order valence-corrected chi connectivity index (χ4v) is 2.82. The third-order valence-corrected chi connectivity index (χ3v) is 4.31. The molecule has 1 N–H and O–H groups in total. The Kier molecular flexibility index (Phi) is 5.08. The molecule has 0 aliphatic rings. The van der Waals surface area contributed by atoms with Gasteiger partial charge in [-0.25, -0.2) is 0 Å². The zero-order chi connectivity index (χ0) is 16.9. The minimum Gasteiger partial charge on any atom is -0.481 e. The molecule has 0 bridgehead atoms. The number of carbonyl (C=O) groups is 1. The summed E-state index contributed by atoms with van der Waals surface area (Å²) >= 11 is 7.16. The number of nitrogens with one attached hydrogen (secondary N) is 1. The molecule has 1 atom stereocenters. The molecule has 0 aliphatic carbocycles. The van der Waals surface area contributed by atoms with E-state index in [1.54, 1.807) is 31.2 Å². The summed E-state index contributed by atoms with van der Waals surface area (Å²) in [5.74, 6) is 0.358. The van der Waals surface area contributed by atoms with Gasteiger partial charge >= 0.3 is 0 Å². The molecule has 1 aromatic heterocycles. The summed E-state index contributed by atoms with van der Waals surface area (Å²) in [6, 6.07) is 16.5. The van der Waals surface area contributed by atoms with Crippen LogP contribution in [-0.4, -0.2) is 22.2 Å². The van der Waals surface area contributed by atoms with Gasteiger partial charge in [0.1, 0.15) is 10.8 Å². The van der Waals surface area contributed by atoms with Crippen molar-refractivity contribution in [3.8, 4) is 16.3 Å². The maximum Gasteiger partial charge on any atom is 0.266 e. The van der Waals surface area contributed by atoms with Gasteiger partial charge in [-0.15, -0.1) is 10.2 Å². The number of nitrogens with zero attached hydrogens (tertiary/aromatic N) is 2. The molecule has 24 heavy (non-hydrogen) atoms. The van der Waals surface area contributed by atoms with Crippen molar-refractivity contribution >= 4 is 34.0 Å². The van der Waals surface area contributed by atoms with Gasteiger partial charge in [0.15, 0.2) is 6.10 Å². The lowest BCUT2D eigenvalue weighted by Crippen LogP contribution is -2.30. The second kappa shape index (κ2) is 7.42. The van der Waals surface area contributed by atoms with Crippen LogP contribution < -0.4 is 10.1 Å². The Labute approximate surface area is 148 Å². The lowest BCUT2D eigenvalue weighted by Gasteiger charge is -2.13. The summed E-state index contributed by atoms with van der Waals surface area (Å²) in [7, 11) is 0. The van der Waals surface area contributed by atoms with E-state index < -0.39 is 6.10 Å². The van der Waals surface area contributed by atoms with Crippen LogP contribution in [0.2, 0.25) is 5.02 Å². The molecule has 0 saturated heterocycles. The summed E-state index contributed by atoms with van der Waals surface area (Å²) < 4.78 is 5.58. The molecule has 3 rings (SSSR count). The molecule has 0 fully saturated rings. The topological polar surface area (TPSA) is 64.1 Å². The highest BCUT2D eigenvalue weighted by atomic mass is 35.5. The number of ether oxygens (including phenoxy) is 1. The zero-order valence-electron chi connectivity index (χ0n) is 12.8. The molecule has 1 amide bonds. The normalized spacial score (nSPS) is 11.8. The fourth-order valence-electron chi connectivity index (χ4n) is 1.95. The van der Waals surface area contributed by atoms with E-state index in [4.69, 9.17) is 16.3 Å². The molecular formula is C17H14ClN3O2S. The largest absolute Gasteiger partial charge is 0.481 e. The Balaban J connectivity index is 1.63. The first-order chi connectivity index (χ1) is 11.6. The van der Waals surface area contributed by atoms with Gasteiger partial charge in [0.25, 0.3) is 5.91 Å². The van der Waals surface area contributed by atoms with Gasteiger partial charge in [0.2, 0.25) is 5.13 Å². The fraction of sp³-hybridized carbons (Fsp3) is 0.118. The second-order valence-corrected chi connectivity index (χ2v) is 6.40. The molecule has 0 radical (unpaired) electrons. The molecule has 0 spiro atoms. The Morgan fingerprint density at radius 2 is 1.83 bits per heavy atom. The van der Waals surface area contributed by atoms with Crippen LogP contribution in [0.15, 0.2) is 54.6 Å². The third-order valence-electron chi connectivity index (χ3n) is 3.17. The van der Waals surface area contributed by atoms with Crippen LogP contribution in [0, 0.1) is 0 Å². The van der Waals surface area contributed by atoms with E-state index in [2.05, 4.69) is 15.5 Å². The van der Waals surface area contributed by atoms with Gasteiger partial charge in [-0.1, -0.05) is 53.3 Å². The highest BCUT2D eigenvalue weighted by Gasteiger charge is 2.17. The highest BCUT2D eigenvalue weighted by molar-refractivity contribution is 7.18. The monoisotopic (exact) mass is 359 g/mol. The molecule has 2 aromatic carbocycles. The smallest absolute Gasteiger partial charge is 0.266 e. The molecule has 3 aromatic rings. The first kappa shape index (κ1) is 16.4. The maximum absolute atomic E-state index is 12.2. The van der Waals surface area contributed by atoms with Gasteiger partial charge in [0.05, 0.1) is 0 Å². The second-order valence-electron chi connectivity index (χ2n) is 4.98. The summed E-state index contributed by atoms with van der Waals surface area (Å²) in [6.07, 6.45) is -0.643. The van der Waals surface area contributed by atoms with E-state index in [0.29, 0.717) is 20.9 Å². The summed E-state index contributed by atoms with van der Waals surface area (Å²) in [5.41, 5.74) is 0.894. The lowest BCUT2D eigenvalue weighted by atomic mass is 10.2. The van der Waals surface area contributed by atoms with Crippen molar-refractivity contribution in [3.63, 3.8) is 0 Å². The molecule has 0 aliphatic heterocycles. The lowest BCUT2D eigenvalue weighted by molar-refractivity contribution is -0.122. The first-order valence-electron chi connectivity index (χ1n) is 7.24. The van der Waals surface area contributed by atoms with E-state index in [0.717, 1.165) is 5.56 Å². The number of anilines is 1. The van der Waals surface area contributed by atoms with Crippen LogP contribution >= 0.6 is 22.9 Å². The van der Waals surface area contributed by atoms with Crippen molar-refractivity contribution in [1.29, 1.82) is 0 Å². The van der Waals surface area contributed by atoms with Gasteiger partial charge in [-0.2, -0.15) is 0 Å². The van der Waals surface area contributed by atoms with Gasteiger partial charge in [-0.3, -0.25) is 10.1 Å². The molecule has 0 unspecified atom stereocenters. The van der Waals surface area contributed by atoms with Crippen LogP contribution in [0.1, 0.15) is 6.92 Å². The van der Waals surface area contributed by atoms with Gasteiger partial charge < -0.3 is 4.74 Å². The standard InChI is InChI=1S/C17H14ClN3O2S/c1-11(23-14-5-3-2-4-6-14)15(22)19-17-21-20-16(24-17)12-7-9-13(18)10-8-12/h2-11H,1H3,(H,19,21,22)/t11-/m1/s1. The summed E-state index contributed by atoms with van der Waals surface area (Å²) in [4.78, 5) is 12.2. The number of hydrogen-bond acceptors (Lipinski definition) is 5. The van der Waals surface area contributed by atoms with Crippen LogP contribution in [0.5, 0.6) is 5.75 Å². The van der Waals surface area contributed by atoms with Crippen molar-refractivity contribution in [2.75, 3.05) is 5.32 Å². The van der Waals surface area contributed by atoms with Crippen molar-refractivity contribution in [3.05, 3.63) is 59.6 Å². The Bertz CT molecular complexity index is 821. The highest BCUT2D eigenvalue weighted by Crippen LogP contribution is 2.27. The van der Waals surface area contributed by atoms with E-state index >= 15 is 0 Å². The van der Waals surface area contributed by atoms with Crippen LogP contribution in [0.25, 0.3) is 10.6 Å². The average molecular weight is 360 g/mol. The van der Waals surface area contributed by atoms with Crippen molar-refractivity contribution in [1.82, 2.24) is 10.2 Å². The average Bonchev–Trinajstić information content (AvgIpc) is 3.05. The minimum absolute atomic E-state index is 0.280. The zero-order valence-corrected chi connectivity index (χ0v) is 14.3. The molecule has 5 nitrogen and oxygen atoms in total. The molecule has 0 saturated carbocycles. The van der Waals surface area contributed by atoms with E-state index in [-0.39, 0.29) is 5.91 Å². The Morgan fingerprint density at radius 1 is 1.12 bits per heavy atom. The number of halogens is 1. The number of aromatic nitrogens is 2. The number of hydrogen-bond donors (Lipinski definition) is 1. The molecule has 7 heteroatoms. The maximum atomic E-state index is 12.2. The predicted molar refractivity (Wildman–Crippen MR) is 95.5 cm³/mol. The molecule has 122 valence electrons. The predicted octanol–water partition coefficient (Wildman–Crippen LogP) is 4.26. The van der Waals surface area contributed by atoms with E-state index in [1.165, 1.54) is 11.3 Å². The SMILES string of the molecule is C[C@@H](Oc1ccccc1)C(=O)Nc1nnc(-c2ccc(Cl)cc2)s1. The summed E-state index contributed by atoms with van der Waals surface area (Å²) in [6.45, 7) is 1.68. The Morgan fingerprint density at radius 3 is 2.54 bits per heavy atom. The van der Waals surface area contributed by atoms with Crippen LogP contribution in [0.3, 0.4) is 0 Å². The van der Waals surface area contributed by atoms with Crippen molar-refractivity contribution in [2.45, 2.75) is 13.0 Å². The number of carbonyl (C=O) groups excluding carboxylic acids is 1. The quantitative estimate of drug-likeness (QED) is 0.739. The van der Waals surface area contributed by atoms with Crippen molar-refractivity contribution in [2.24, 2.45) is 0 Å². The third kappa shape index (κ3) is 4.10. The number of rotatable bonds is 5. The number of benzene rings is 2. The van der Waals surface area contributed by atoms with Gasteiger partial charge in [-0.05, 0) is 31.2 Å². The molecular weight excluding hydrogens is 346 g/mol. The first-order valence-corrected chi connectivity index (χ1v) is 8.43. The number of para-hydroxylation sites is 1. The van der Waals surface area contributed by atoms with Crippen LogP contribution in [-0.2, 0) is 4.79 Å². The van der Waals surface area contributed by atoms with E-state index in [9.17, 15) is 4.79 Å². The van der Waals surface area contributed by atoms with Crippen LogP contribution in [0.4, 0.5) is 5.13 Å². The van der Waals surface area contributed by atoms with Crippen molar-refractivity contribution < 1.29 is 9.53 Å². The number of amides is 1. The Hall–Kier alpha value is -2.44.